The largest absolute Gasteiger partial charge is 0.481 e. The number of nitrogens with two attached hydrogens (primary N) is 1. The molecule has 1 atom stereocenters. The SMILES string of the molecule is C[C@@H](OC(=O)COc1ccccc1C=O)C(N)=O. The van der Waals surface area contributed by atoms with Crippen LogP contribution < -0.4 is 10.5 Å². The second-order valence-corrected chi connectivity index (χ2v) is 3.48. The summed E-state index contributed by atoms with van der Waals surface area (Å²) < 4.78 is 9.79. The fourth-order valence-electron chi connectivity index (χ4n) is 1.14. The second kappa shape index (κ2) is 6.39. The molecule has 2 N–H and O–H groups in total. The molecule has 96 valence electrons. The number of carbonyl (C=O) groups excluding carboxylic acids is 3. The van der Waals surface area contributed by atoms with Crippen molar-refractivity contribution in [3.8, 4) is 5.75 Å². The van der Waals surface area contributed by atoms with Crippen molar-refractivity contribution in [1.82, 2.24) is 0 Å². The number of ether oxygens (including phenoxy) is 2. The van der Waals surface area contributed by atoms with Crippen molar-refractivity contribution in [2.24, 2.45) is 5.73 Å². The minimum absolute atomic E-state index is 0.274. The lowest BCUT2D eigenvalue weighted by Gasteiger charge is -2.11. The molecular formula is C12H13NO5. The van der Waals surface area contributed by atoms with Gasteiger partial charge in [-0.25, -0.2) is 4.79 Å². The molecule has 0 aliphatic rings. The summed E-state index contributed by atoms with van der Waals surface area (Å²) in [5, 5.41) is 0. The number of benzene rings is 1. The smallest absolute Gasteiger partial charge is 0.344 e. The van der Waals surface area contributed by atoms with Crippen LogP contribution in [-0.2, 0) is 14.3 Å². The summed E-state index contributed by atoms with van der Waals surface area (Å²) in [5.41, 5.74) is 5.26. The van der Waals surface area contributed by atoms with Crippen LogP contribution in [0, 0.1) is 0 Å². The van der Waals surface area contributed by atoms with Crippen molar-refractivity contribution < 1.29 is 23.9 Å². The van der Waals surface area contributed by atoms with E-state index in [1.807, 2.05) is 0 Å². The first-order valence-electron chi connectivity index (χ1n) is 5.20. The highest BCUT2D eigenvalue weighted by Crippen LogP contribution is 2.15. The van der Waals surface area contributed by atoms with Gasteiger partial charge in [-0.2, -0.15) is 0 Å². The maximum Gasteiger partial charge on any atom is 0.344 e. The number of para-hydroxylation sites is 1. The summed E-state index contributed by atoms with van der Waals surface area (Å²) in [5.74, 6) is -1.20. The zero-order valence-electron chi connectivity index (χ0n) is 9.79. The summed E-state index contributed by atoms with van der Waals surface area (Å²) in [6, 6.07) is 6.44. The van der Waals surface area contributed by atoms with Crippen molar-refractivity contribution in [3.05, 3.63) is 29.8 Å². The topological polar surface area (TPSA) is 95.7 Å². The first kappa shape index (κ1) is 13.7. The zero-order chi connectivity index (χ0) is 13.5. The summed E-state index contributed by atoms with van der Waals surface area (Å²) in [6.07, 6.45) is -0.394. The molecule has 6 heteroatoms. The van der Waals surface area contributed by atoms with Gasteiger partial charge in [-0.1, -0.05) is 12.1 Å². The molecule has 0 unspecified atom stereocenters. The average Bonchev–Trinajstić information content (AvgIpc) is 2.36. The number of amides is 1. The number of primary amides is 1. The molecule has 0 bridgehead atoms. The molecule has 0 heterocycles. The van der Waals surface area contributed by atoms with E-state index in [0.29, 0.717) is 11.8 Å². The van der Waals surface area contributed by atoms with Crippen molar-refractivity contribution in [2.75, 3.05) is 6.61 Å². The molecule has 0 aliphatic heterocycles. The van der Waals surface area contributed by atoms with E-state index in [0.717, 1.165) is 0 Å². The van der Waals surface area contributed by atoms with Gasteiger partial charge in [0.2, 0.25) is 0 Å². The standard InChI is InChI=1S/C12H13NO5/c1-8(12(13)16)18-11(15)7-17-10-5-3-2-4-9(10)6-14/h2-6,8H,7H2,1H3,(H2,13,16)/t8-/m1/s1. The zero-order valence-corrected chi connectivity index (χ0v) is 9.79. The minimum Gasteiger partial charge on any atom is -0.481 e. The van der Waals surface area contributed by atoms with Crippen LogP contribution in [0.25, 0.3) is 0 Å². The number of hydrogen-bond donors (Lipinski definition) is 1. The van der Waals surface area contributed by atoms with Gasteiger partial charge < -0.3 is 15.2 Å². The van der Waals surface area contributed by atoms with Crippen molar-refractivity contribution in [2.45, 2.75) is 13.0 Å². The van der Waals surface area contributed by atoms with Crippen LogP contribution >= 0.6 is 0 Å². The third kappa shape index (κ3) is 3.89. The summed E-state index contributed by atoms with van der Waals surface area (Å²) in [7, 11) is 0. The Labute approximate surface area is 104 Å². The lowest BCUT2D eigenvalue weighted by molar-refractivity contribution is -0.155. The molecule has 1 rings (SSSR count). The van der Waals surface area contributed by atoms with E-state index in [2.05, 4.69) is 4.74 Å². The predicted molar refractivity (Wildman–Crippen MR) is 62.1 cm³/mol. The second-order valence-electron chi connectivity index (χ2n) is 3.48. The third-order valence-corrected chi connectivity index (χ3v) is 2.10. The van der Waals surface area contributed by atoms with Crippen molar-refractivity contribution in [1.29, 1.82) is 0 Å². The molecule has 6 nitrogen and oxygen atoms in total. The number of esters is 1. The molecule has 0 fully saturated rings. The van der Waals surface area contributed by atoms with Crippen LogP contribution in [0.5, 0.6) is 5.75 Å². The van der Waals surface area contributed by atoms with Crippen LogP contribution in [0.3, 0.4) is 0 Å². The van der Waals surface area contributed by atoms with Crippen LogP contribution in [-0.4, -0.2) is 30.9 Å². The molecule has 0 saturated heterocycles. The maximum atomic E-state index is 11.3. The Morgan fingerprint density at radius 2 is 2.06 bits per heavy atom. The highest BCUT2D eigenvalue weighted by molar-refractivity contribution is 5.82. The fourth-order valence-corrected chi connectivity index (χ4v) is 1.14. The Kier molecular flexibility index (Phi) is 4.86. The van der Waals surface area contributed by atoms with Gasteiger partial charge in [-0.3, -0.25) is 9.59 Å². The molecular weight excluding hydrogens is 238 g/mol. The molecule has 0 radical (unpaired) electrons. The van der Waals surface area contributed by atoms with Gasteiger partial charge in [0.25, 0.3) is 5.91 Å². The highest BCUT2D eigenvalue weighted by atomic mass is 16.6. The van der Waals surface area contributed by atoms with E-state index in [1.165, 1.54) is 6.92 Å². The summed E-state index contributed by atoms with van der Waals surface area (Å²) >= 11 is 0. The van der Waals surface area contributed by atoms with Gasteiger partial charge >= 0.3 is 5.97 Å². The van der Waals surface area contributed by atoms with E-state index in [9.17, 15) is 14.4 Å². The Hall–Kier alpha value is -2.37. The van der Waals surface area contributed by atoms with E-state index < -0.39 is 24.6 Å². The molecule has 18 heavy (non-hydrogen) atoms. The predicted octanol–water partition coefficient (Wildman–Crippen LogP) is 0.295. The lowest BCUT2D eigenvalue weighted by atomic mass is 10.2. The molecule has 1 aromatic rings. The monoisotopic (exact) mass is 251 g/mol. The molecule has 0 spiro atoms. The molecule has 1 aromatic carbocycles. The number of rotatable bonds is 6. The Balaban J connectivity index is 2.52. The van der Waals surface area contributed by atoms with Crippen LogP contribution in [0.4, 0.5) is 0 Å². The average molecular weight is 251 g/mol. The van der Waals surface area contributed by atoms with Gasteiger partial charge in [0.05, 0.1) is 5.56 Å². The van der Waals surface area contributed by atoms with E-state index in [-0.39, 0.29) is 5.75 Å². The van der Waals surface area contributed by atoms with Crippen LogP contribution in [0.15, 0.2) is 24.3 Å². The van der Waals surface area contributed by atoms with Gasteiger partial charge in [0.15, 0.2) is 19.0 Å². The first-order valence-corrected chi connectivity index (χ1v) is 5.20. The number of hydrogen-bond acceptors (Lipinski definition) is 5. The number of carbonyl (C=O) groups is 3. The van der Waals surface area contributed by atoms with Gasteiger partial charge in [-0.05, 0) is 19.1 Å². The summed E-state index contributed by atoms with van der Waals surface area (Å²) in [6.45, 7) is 0.960. The van der Waals surface area contributed by atoms with Crippen molar-refractivity contribution in [3.63, 3.8) is 0 Å². The first-order chi connectivity index (χ1) is 8.54. The normalized spacial score (nSPS) is 11.4. The highest BCUT2D eigenvalue weighted by Gasteiger charge is 2.15. The van der Waals surface area contributed by atoms with Gasteiger partial charge in [0.1, 0.15) is 5.75 Å². The number of aldehydes is 1. The Morgan fingerprint density at radius 1 is 1.39 bits per heavy atom. The van der Waals surface area contributed by atoms with Gasteiger partial charge in [-0.15, -0.1) is 0 Å². The maximum absolute atomic E-state index is 11.3. The quantitative estimate of drug-likeness (QED) is 0.579. The fraction of sp³-hybridized carbons (Fsp3) is 0.250. The van der Waals surface area contributed by atoms with E-state index in [4.69, 9.17) is 10.5 Å². The van der Waals surface area contributed by atoms with E-state index in [1.54, 1.807) is 24.3 Å². The molecule has 0 aromatic heterocycles. The Bertz CT molecular complexity index is 458. The molecule has 0 saturated carbocycles. The minimum atomic E-state index is -1.01. The lowest BCUT2D eigenvalue weighted by Crippen LogP contribution is -2.32. The van der Waals surface area contributed by atoms with Crippen molar-refractivity contribution >= 4 is 18.2 Å². The Morgan fingerprint density at radius 3 is 2.67 bits per heavy atom. The molecule has 1 amide bonds. The van der Waals surface area contributed by atoms with Crippen LogP contribution in [0.1, 0.15) is 17.3 Å². The van der Waals surface area contributed by atoms with E-state index >= 15 is 0 Å². The molecule has 0 aliphatic carbocycles. The third-order valence-electron chi connectivity index (χ3n) is 2.10. The summed E-state index contributed by atoms with van der Waals surface area (Å²) in [4.78, 5) is 32.6. The van der Waals surface area contributed by atoms with Crippen LogP contribution in [0.2, 0.25) is 0 Å². The van der Waals surface area contributed by atoms with Gasteiger partial charge in [0, 0.05) is 0 Å².